The van der Waals surface area contributed by atoms with Crippen LogP contribution in [0.3, 0.4) is 0 Å². The molecule has 1 spiro atoms. The maximum atomic E-state index is 12.4. The van der Waals surface area contributed by atoms with E-state index in [-0.39, 0.29) is 5.78 Å². The van der Waals surface area contributed by atoms with Crippen LogP contribution in [0, 0.1) is 0 Å². The van der Waals surface area contributed by atoms with Crippen molar-refractivity contribution < 1.29 is 4.79 Å². The largest absolute Gasteiger partial charge is 0.292 e. The van der Waals surface area contributed by atoms with E-state index in [9.17, 15) is 4.79 Å². The van der Waals surface area contributed by atoms with Crippen molar-refractivity contribution in [2.24, 2.45) is 10.2 Å². The van der Waals surface area contributed by atoms with Crippen LogP contribution in [0.4, 0.5) is 11.4 Å². The molecule has 3 aromatic carbocycles. The summed E-state index contributed by atoms with van der Waals surface area (Å²) in [5.74, 6) is 0.361. The fraction of sp³-hybridized carbons (Fsp3) is 0.179. The van der Waals surface area contributed by atoms with Crippen molar-refractivity contribution in [3.05, 3.63) is 107 Å². The van der Waals surface area contributed by atoms with E-state index < -0.39 is 4.99 Å². The molecule has 0 radical (unpaired) electrons. The number of Topliss-reactive ketones (excluding diaryl/α,β-unsaturated/α-hetero) is 1. The van der Waals surface area contributed by atoms with Crippen molar-refractivity contribution in [1.29, 1.82) is 0 Å². The molecule has 0 aliphatic carbocycles. The fourth-order valence-electron chi connectivity index (χ4n) is 4.07. The first-order chi connectivity index (χ1) is 16.9. The molecule has 2 aliphatic heterocycles. The van der Waals surface area contributed by atoms with Gasteiger partial charge in [-0.3, -0.25) is 4.79 Å². The number of carbonyl (C=O) groups is 1. The maximum absolute atomic E-state index is 12.4. The molecule has 5 rings (SSSR count). The number of para-hydroxylation sites is 1. The number of hydrogen-bond donors (Lipinski definition) is 0. The topological polar surface area (TPSA) is 48.3 Å². The van der Waals surface area contributed by atoms with Gasteiger partial charge in [-0.05, 0) is 65.7 Å². The van der Waals surface area contributed by atoms with Gasteiger partial charge >= 0.3 is 0 Å². The number of allylic oxidation sites excluding steroid dienone is 1. The summed E-state index contributed by atoms with van der Waals surface area (Å²) >= 11 is 7.71. The Balaban J connectivity index is 1.64. The van der Waals surface area contributed by atoms with Gasteiger partial charge in [0, 0.05) is 17.5 Å². The zero-order chi connectivity index (χ0) is 24.6. The smallest absolute Gasteiger partial charge is 0.227 e. The van der Waals surface area contributed by atoms with E-state index >= 15 is 0 Å². The Morgan fingerprint density at radius 2 is 1.60 bits per heavy atom. The highest BCUT2D eigenvalue weighted by Gasteiger charge is 2.51. The van der Waals surface area contributed by atoms with Crippen molar-refractivity contribution in [2.75, 3.05) is 10.0 Å². The number of ketones is 1. The lowest BCUT2D eigenvalue weighted by Crippen LogP contribution is -2.53. The number of benzene rings is 3. The number of hydrogen-bond acceptors (Lipinski definition) is 6. The Morgan fingerprint density at radius 3 is 2.26 bits per heavy atom. The number of carbonyl (C=O) groups excluding carboxylic acids is 1. The van der Waals surface area contributed by atoms with Gasteiger partial charge in [0.1, 0.15) is 0 Å². The summed E-state index contributed by atoms with van der Waals surface area (Å²) < 4.78 is 0. The highest BCUT2D eigenvalue weighted by Crippen LogP contribution is 2.48. The van der Waals surface area contributed by atoms with Crippen LogP contribution in [0.2, 0.25) is 5.02 Å². The van der Waals surface area contributed by atoms with Crippen LogP contribution in [-0.4, -0.2) is 21.5 Å². The Kier molecular flexibility index (Phi) is 6.26. The second-order valence-electron chi connectivity index (χ2n) is 8.76. The summed E-state index contributed by atoms with van der Waals surface area (Å²) in [5.41, 5.74) is 4.78. The molecule has 0 amide bonds. The van der Waals surface area contributed by atoms with Gasteiger partial charge in [-0.2, -0.15) is 10.2 Å². The van der Waals surface area contributed by atoms with Gasteiger partial charge < -0.3 is 0 Å². The zero-order valence-electron chi connectivity index (χ0n) is 19.7. The lowest BCUT2D eigenvalue weighted by Gasteiger charge is -2.43. The van der Waals surface area contributed by atoms with Gasteiger partial charge in [-0.1, -0.05) is 74.0 Å². The van der Waals surface area contributed by atoms with Crippen molar-refractivity contribution in [1.82, 2.24) is 0 Å². The lowest BCUT2D eigenvalue weighted by molar-refractivity contribution is -0.110. The Bertz CT molecular complexity index is 1350. The first-order valence-electron chi connectivity index (χ1n) is 11.5. The molecule has 0 bridgehead atoms. The first-order valence-corrected chi connectivity index (χ1v) is 12.6. The van der Waals surface area contributed by atoms with E-state index in [1.165, 1.54) is 24.2 Å². The van der Waals surface area contributed by atoms with E-state index in [0.29, 0.717) is 16.0 Å². The molecule has 1 unspecified atom stereocenters. The molecule has 0 saturated heterocycles. The highest BCUT2D eigenvalue weighted by atomic mass is 35.5. The monoisotopic (exact) mass is 500 g/mol. The summed E-state index contributed by atoms with van der Waals surface area (Å²) in [4.78, 5) is 11.5. The van der Waals surface area contributed by atoms with Crippen LogP contribution < -0.4 is 10.0 Å². The maximum Gasteiger partial charge on any atom is 0.227 e. The highest BCUT2D eigenvalue weighted by molar-refractivity contribution is 8.17. The Labute approximate surface area is 214 Å². The van der Waals surface area contributed by atoms with Crippen molar-refractivity contribution in [3.63, 3.8) is 0 Å². The molecule has 0 saturated carbocycles. The minimum atomic E-state index is -0.908. The summed E-state index contributed by atoms with van der Waals surface area (Å²) in [6, 6.07) is 25.9. The van der Waals surface area contributed by atoms with Gasteiger partial charge in [-0.25, -0.2) is 10.0 Å². The summed E-state index contributed by atoms with van der Waals surface area (Å²) in [6.45, 7) is 5.90. The molecule has 1 atom stereocenters. The van der Waals surface area contributed by atoms with Gasteiger partial charge in [0.15, 0.2) is 10.8 Å². The number of thioether (sulfide) groups is 1. The zero-order valence-corrected chi connectivity index (χ0v) is 21.3. The third kappa shape index (κ3) is 4.40. The number of rotatable bonds is 5. The van der Waals surface area contributed by atoms with Crippen LogP contribution >= 0.6 is 23.4 Å². The molecule has 2 heterocycles. The molecular weight excluding hydrogens is 476 g/mol. The SMILES string of the molecule is CC(=O)C1=NN(c2cccc(Cl)c2)C2(C=CC(c3ccc(C(C)C)cc3)=NN2c2ccccc2)S1. The Morgan fingerprint density at radius 1 is 0.914 bits per heavy atom. The number of nitrogens with zero attached hydrogens (tertiary/aromatic N) is 4. The second-order valence-corrected chi connectivity index (χ2v) is 10.4. The molecule has 176 valence electrons. The third-order valence-electron chi connectivity index (χ3n) is 5.94. The van der Waals surface area contributed by atoms with Gasteiger partial charge in [0.05, 0.1) is 17.1 Å². The molecule has 3 aromatic rings. The number of anilines is 2. The average Bonchev–Trinajstić information content (AvgIpc) is 3.25. The lowest BCUT2D eigenvalue weighted by atomic mass is 10.00. The molecule has 2 aliphatic rings. The quantitative estimate of drug-likeness (QED) is 0.376. The summed E-state index contributed by atoms with van der Waals surface area (Å²) in [6.07, 6.45) is 4.07. The predicted molar refractivity (Wildman–Crippen MR) is 147 cm³/mol. The molecular formula is C28H25ClN4OS. The summed E-state index contributed by atoms with van der Waals surface area (Å²) in [7, 11) is 0. The standard InChI is InChI=1S/C28H25ClN4OS/c1-19(2)21-12-14-22(15-13-21)26-16-17-28(32(30-26)24-9-5-4-6-10-24)33(31-27(35-28)20(3)34)25-11-7-8-23(29)18-25/h4-19H,1-3H3. The van der Waals surface area contributed by atoms with Gasteiger partial charge in [0.2, 0.25) is 4.99 Å². The molecule has 0 N–H and O–H groups in total. The predicted octanol–water partition coefficient (Wildman–Crippen LogP) is 7.05. The van der Waals surface area contributed by atoms with Crippen molar-refractivity contribution in [2.45, 2.75) is 31.7 Å². The molecule has 7 heteroatoms. The van der Waals surface area contributed by atoms with Crippen molar-refractivity contribution >= 4 is 51.3 Å². The molecule has 0 aromatic heterocycles. The minimum absolute atomic E-state index is 0.0978. The van der Waals surface area contributed by atoms with E-state index in [1.807, 2.05) is 70.7 Å². The van der Waals surface area contributed by atoms with Crippen LogP contribution in [0.1, 0.15) is 37.8 Å². The van der Waals surface area contributed by atoms with E-state index in [2.05, 4.69) is 44.2 Å². The molecule has 5 nitrogen and oxygen atoms in total. The fourth-order valence-corrected chi connectivity index (χ4v) is 5.41. The third-order valence-corrected chi connectivity index (χ3v) is 7.52. The number of halogens is 1. The van der Waals surface area contributed by atoms with Crippen LogP contribution in [0.5, 0.6) is 0 Å². The van der Waals surface area contributed by atoms with Gasteiger partial charge in [0.25, 0.3) is 0 Å². The van der Waals surface area contributed by atoms with Crippen LogP contribution in [0.25, 0.3) is 0 Å². The average molecular weight is 501 g/mol. The van der Waals surface area contributed by atoms with E-state index in [0.717, 1.165) is 22.6 Å². The second kappa shape index (κ2) is 9.36. The van der Waals surface area contributed by atoms with Gasteiger partial charge in [-0.15, -0.1) is 0 Å². The van der Waals surface area contributed by atoms with E-state index in [1.54, 1.807) is 0 Å². The van der Waals surface area contributed by atoms with Crippen LogP contribution in [0.15, 0.2) is 101 Å². The van der Waals surface area contributed by atoms with Crippen LogP contribution in [-0.2, 0) is 4.79 Å². The normalized spacial score (nSPS) is 19.3. The molecule has 0 fully saturated rings. The Hall–Kier alpha value is -3.35. The van der Waals surface area contributed by atoms with E-state index in [4.69, 9.17) is 21.8 Å². The number of hydrazone groups is 2. The summed E-state index contributed by atoms with van der Waals surface area (Å²) in [5, 5.41) is 14.6. The minimum Gasteiger partial charge on any atom is -0.292 e. The molecule has 35 heavy (non-hydrogen) atoms. The van der Waals surface area contributed by atoms with Crippen molar-refractivity contribution in [3.8, 4) is 0 Å². The first kappa shape index (κ1) is 23.4.